The number of hydrogen-bond donors (Lipinski definition) is 0. The van der Waals surface area contributed by atoms with E-state index < -0.39 is 24.6 Å². The van der Waals surface area contributed by atoms with E-state index in [1.807, 2.05) is 30.3 Å². The number of benzene rings is 1. The highest BCUT2D eigenvalue weighted by atomic mass is 19.4. The Morgan fingerprint density at radius 3 is 2.58 bits per heavy atom. The first-order valence-corrected chi connectivity index (χ1v) is 8.44. The summed E-state index contributed by atoms with van der Waals surface area (Å²) in [6, 6.07) is 9.40. The minimum Gasteiger partial charge on any atom is -0.330 e. The third kappa shape index (κ3) is 3.73. The number of rotatable bonds is 4. The molecule has 1 aromatic heterocycles. The molecule has 0 radical (unpaired) electrons. The van der Waals surface area contributed by atoms with Crippen molar-refractivity contribution in [3.63, 3.8) is 0 Å². The Kier molecular flexibility index (Phi) is 5.01. The van der Waals surface area contributed by atoms with Crippen LogP contribution in [0.15, 0.2) is 24.3 Å². The summed E-state index contributed by atoms with van der Waals surface area (Å²) in [6.07, 6.45) is -3.58. The Labute approximate surface area is 149 Å². The lowest BCUT2D eigenvalue weighted by atomic mass is 9.86. The quantitative estimate of drug-likeness (QED) is 0.837. The number of para-hydroxylation sites is 2. The average Bonchev–Trinajstić information content (AvgIpc) is 2.92. The number of carbonyl (C=O) groups excluding carboxylic acids is 1. The molecule has 0 saturated carbocycles. The van der Waals surface area contributed by atoms with Crippen LogP contribution in [0.25, 0.3) is 11.0 Å². The van der Waals surface area contributed by atoms with Crippen LogP contribution in [-0.2, 0) is 11.8 Å². The minimum absolute atomic E-state index is 0.205. The standard InChI is InChI=1S/C18H19F3N4O/c1-24-15-5-3-2-4-14(15)23-17(24)13(10-22)16(26)12-6-8-25(9-7-12)11-18(19,20)21/h2-5,12-13H,6-9,11H2,1H3. The second-order valence-corrected chi connectivity index (χ2v) is 6.65. The number of hydrogen-bond acceptors (Lipinski definition) is 4. The van der Waals surface area contributed by atoms with E-state index in [0.29, 0.717) is 24.2 Å². The molecule has 1 saturated heterocycles. The molecule has 3 rings (SSSR count). The summed E-state index contributed by atoms with van der Waals surface area (Å²) in [6.45, 7) is -0.548. The van der Waals surface area contributed by atoms with Gasteiger partial charge in [-0.25, -0.2) is 4.98 Å². The van der Waals surface area contributed by atoms with Crippen molar-refractivity contribution in [2.75, 3.05) is 19.6 Å². The molecule has 138 valence electrons. The molecule has 1 aliphatic rings. The fourth-order valence-corrected chi connectivity index (χ4v) is 3.54. The summed E-state index contributed by atoms with van der Waals surface area (Å²) in [7, 11) is 1.76. The van der Waals surface area contributed by atoms with Gasteiger partial charge in [-0.2, -0.15) is 18.4 Å². The van der Waals surface area contributed by atoms with Gasteiger partial charge in [0.1, 0.15) is 5.82 Å². The zero-order chi connectivity index (χ0) is 18.9. The highest BCUT2D eigenvalue weighted by molar-refractivity contribution is 5.91. The van der Waals surface area contributed by atoms with Crippen LogP contribution in [0.3, 0.4) is 0 Å². The minimum atomic E-state index is -4.24. The molecule has 1 aliphatic heterocycles. The van der Waals surface area contributed by atoms with Crippen molar-refractivity contribution in [2.24, 2.45) is 13.0 Å². The smallest absolute Gasteiger partial charge is 0.330 e. The summed E-state index contributed by atoms with van der Waals surface area (Å²) in [5.41, 5.74) is 1.54. The van der Waals surface area contributed by atoms with Crippen LogP contribution in [0.2, 0.25) is 0 Å². The lowest BCUT2D eigenvalue weighted by Gasteiger charge is -2.32. The molecule has 0 aliphatic carbocycles. The molecule has 0 spiro atoms. The van der Waals surface area contributed by atoms with Crippen LogP contribution < -0.4 is 0 Å². The molecule has 1 unspecified atom stereocenters. The van der Waals surface area contributed by atoms with Gasteiger partial charge in [0.15, 0.2) is 11.7 Å². The first-order chi connectivity index (χ1) is 12.3. The predicted molar refractivity (Wildman–Crippen MR) is 89.3 cm³/mol. The summed E-state index contributed by atoms with van der Waals surface area (Å²) < 4.78 is 39.2. The van der Waals surface area contributed by atoms with Crippen LogP contribution in [0, 0.1) is 17.2 Å². The summed E-state index contributed by atoms with van der Waals surface area (Å²) in [5.74, 6) is -1.29. The van der Waals surface area contributed by atoms with E-state index in [0.717, 1.165) is 5.52 Å². The Morgan fingerprint density at radius 1 is 1.35 bits per heavy atom. The van der Waals surface area contributed by atoms with Gasteiger partial charge in [-0.15, -0.1) is 0 Å². The number of piperidine rings is 1. The van der Waals surface area contributed by atoms with Crippen LogP contribution in [0.1, 0.15) is 24.6 Å². The summed E-state index contributed by atoms with van der Waals surface area (Å²) >= 11 is 0. The van der Waals surface area contributed by atoms with Gasteiger partial charge in [0, 0.05) is 13.0 Å². The van der Waals surface area contributed by atoms with Crippen LogP contribution >= 0.6 is 0 Å². The molecule has 0 bridgehead atoms. The Morgan fingerprint density at radius 2 is 2.00 bits per heavy atom. The molecule has 0 amide bonds. The number of alkyl halides is 3. The fraction of sp³-hybridized carbons (Fsp3) is 0.500. The maximum absolute atomic E-state index is 12.8. The molecule has 8 heteroatoms. The number of carbonyl (C=O) groups is 1. The maximum Gasteiger partial charge on any atom is 0.401 e. The van der Waals surface area contributed by atoms with E-state index in [4.69, 9.17) is 0 Å². The lowest BCUT2D eigenvalue weighted by Crippen LogP contribution is -2.42. The van der Waals surface area contributed by atoms with E-state index >= 15 is 0 Å². The second-order valence-electron chi connectivity index (χ2n) is 6.65. The van der Waals surface area contributed by atoms with Gasteiger partial charge in [-0.3, -0.25) is 9.69 Å². The molecule has 5 nitrogen and oxygen atoms in total. The maximum atomic E-state index is 12.8. The zero-order valence-electron chi connectivity index (χ0n) is 14.3. The van der Waals surface area contributed by atoms with Gasteiger partial charge in [0.2, 0.25) is 0 Å². The normalized spacial score (nSPS) is 18.0. The van der Waals surface area contributed by atoms with E-state index in [2.05, 4.69) is 4.98 Å². The third-order valence-corrected chi connectivity index (χ3v) is 4.89. The van der Waals surface area contributed by atoms with Gasteiger partial charge in [0.05, 0.1) is 23.6 Å². The van der Waals surface area contributed by atoms with Gasteiger partial charge < -0.3 is 4.57 Å². The van der Waals surface area contributed by atoms with Crippen LogP contribution in [0.5, 0.6) is 0 Å². The van der Waals surface area contributed by atoms with Crippen LogP contribution in [0.4, 0.5) is 13.2 Å². The Bertz CT molecular complexity index is 844. The molecular weight excluding hydrogens is 345 g/mol. The van der Waals surface area contributed by atoms with Gasteiger partial charge in [0.25, 0.3) is 0 Å². The third-order valence-electron chi connectivity index (χ3n) is 4.89. The Balaban J connectivity index is 1.74. The van der Waals surface area contributed by atoms with Crippen LogP contribution in [-0.4, -0.2) is 46.0 Å². The van der Waals surface area contributed by atoms with Crippen molar-refractivity contribution in [1.29, 1.82) is 5.26 Å². The molecule has 0 N–H and O–H groups in total. The highest BCUT2D eigenvalue weighted by Gasteiger charge is 2.37. The van der Waals surface area contributed by atoms with Gasteiger partial charge >= 0.3 is 6.18 Å². The topological polar surface area (TPSA) is 61.9 Å². The van der Waals surface area contributed by atoms with Crippen molar-refractivity contribution >= 4 is 16.8 Å². The predicted octanol–water partition coefficient (Wildman–Crippen LogP) is 3.02. The van der Waals surface area contributed by atoms with Crippen molar-refractivity contribution < 1.29 is 18.0 Å². The largest absolute Gasteiger partial charge is 0.401 e. The number of halogens is 3. The van der Waals surface area contributed by atoms with E-state index in [1.54, 1.807) is 11.6 Å². The number of ketones is 1. The monoisotopic (exact) mass is 364 g/mol. The summed E-state index contributed by atoms with van der Waals surface area (Å²) in [5, 5.41) is 9.55. The number of nitrogens with zero attached hydrogens (tertiary/aromatic N) is 4. The van der Waals surface area contributed by atoms with Crippen molar-refractivity contribution in [3.05, 3.63) is 30.1 Å². The number of aryl methyl sites for hydroxylation is 1. The van der Waals surface area contributed by atoms with Crippen molar-refractivity contribution in [3.8, 4) is 6.07 Å². The van der Waals surface area contributed by atoms with E-state index in [1.165, 1.54) is 4.90 Å². The number of nitriles is 1. The SMILES string of the molecule is Cn1c(C(C#N)C(=O)C2CCN(CC(F)(F)F)CC2)nc2ccccc21. The zero-order valence-corrected chi connectivity index (χ0v) is 14.3. The van der Waals surface area contributed by atoms with Gasteiger partial charge in [-0.1, -0.05) is 12.1 Å². The molecule has 26 heavy (non-hydrogen) atoms. The molecule has 2 aromatic rings. The molecule has 1 fully saturated rings. The molecular formula is C18H19F3N4O. The van der Waals surface area contributed by atoms with Gasteiger partial charge in [-0.05, 0) is 38.1 Å². The average molecular weight is 364 g/mol. The first kappa shape index (κ1) is 18.4. The number of imidazole rings is 1. The number of likely N-dealkylation sites (tertiary alicyclic amines) is 1. The number of Topliss-reactive ketones (excluding diaryl/α,β-unsaturated/α-hetero) is 1. The number of fused-ring (bicyclic) bond motifs is 1. The highest BCUT2D eigenvalue weighted by Crippen LogP contribution is 2.29. The second kappa shape index (κ2) is 7.08. The lowest BCUT2D eigenvalue weighted by molar-refractivity contribution is -0.149. The van der Waals surface area contributed by atoms with E-state index in [-0.39, 0.29) is 18.9 Å². The van der Waals surface area contributed by atoms with Crippen molar-refractivity contribution in [1.82, 2.24) is 14.5 Å². The molecule has 1 aromatic carbocycles. The molecule has 1 atom stereocenters. The first-order valence-electron chi connectivity index (χ1n) is 8.44. The van der Waals surface area contributed by atoms with E-state index in [9.17, 15) is 23.2 Å². The Hall–Kier alpha value is -2.40. The summed E-state index contributed by atoms with van der Waals surface area (Å²) in [4.78, 5) is 18.6. The number of aromatic nitrogens is 2. The molecule has 2 heterocycles. The van der Waals surface area contributed by atoms with Crippen molar-refractivity contribution in [2.45, 2.75) is 24.9 Å². The fourth-order valence-electron chi connectivity index (χ4n) is 3.54.